The van der Waals surface area contributed by atoms with Gasteiger partial charge in [-0.3, -0.25) is 0 Å². The predicted molar refractivity (Wildman–Crippen MR) is 60.1 cm³/mol. The summed E-state index contributed by atoms with van der Waals surface area (Å²) in [6.07, 6.45) is 1.62. The van der Waals surface area contributed by atoms with Gasteiger partial charge in [0.05, 0.1) is 0 Å². The van der Waals surface area contributed by atoms with Crippen LogP contribution in [0, 0.1) is 11.8 Å². The molecule has 0 bridgehead atoms. The molecule has 0 amide bonds. The highest BCUT2D eigenvalue weighted by Gasteiger charge is 2.12. The Morgan fingerprint density at radius 1 is 1.50 bits per heavy atom. The fourth-order valence-electron chi connectivity index (χ4n) is 0.860. The summed E-state index contributed by atoms with van der Waals surface area (Å²) in [5.41, 5.74) is 2.43. The van der Waals surface area contributed by atoms with Crippen LogP contribution in [0.5, 0.6) is 0 Å². The van der Waals surface area contributed by atoms with Crippen LogP contribution in [0.1, 0.15) is 0 Å². The number of halogens is 1. The minimum Gasteiger partial charge on any atom is -0.0923 e. The molecule has 0 N–H and O–H groups in total. The van der Waals surface area contributed by atoms with Crippen LogP contribution in [-0.2, 0) is 0 Å². The standard InChI is InChI=1S/C10H15ClSi/c1-10(7-5-6-8-11)9-12(2,3)4/h6,8H,1,9H2,2-4H3/b8-6-. The van der Waals surface area contributed by atoms with Gasteiger partial charge in [0.1, 0.15) is 0 Å². The second kappa shape index (κ2) is 5.24. The van der Waals surface area contributed by atoms with Gasteiger partial charge in [0.15, 0.2) is 0 Å². The fraction of sp³-hybridized carbons (Fsp3) is 0.400. The number of hydrogen-bond donors (Lipinski definition) is 0. The topological polar surface area (TPSA) is 0 Å². The molecule has 0 nitrogen and oxygen atoms in total. The van der Waals surface area contributed by atoms with Crippen LogP contribution in [0.2, 0.25) is 25.7 Å². The van der Waals surface area contributed by atoms with Crippen molar-refractivity contribution in [3.63, 3.8) is 0 Å². The summed E-state index contributed by atoms with van der Waals surface area (Å²) in [5, 5.41) is 0. The van der Waals surface area contributed by atoms with Crippen LogP contribution in [0.3, 0.4) is 0 Å². The van der Waals surface area contributed by atoms with Crippen LogP contribution < -0.4 is 0 Å². The van der Waals surface area contributed by atoms with Crippen LogP contribution in [-0.4, -0.2) is 8.07 Å². The molecule has 0 atom stereocenters. The van der Waals surface area contributed by atoms with E-state index in [1.54, 1.807) is 6.08 Å². The second-order valence-corrected chi connectivity index (χ2v) is 9.63. The summed E-state index contributed by atoms with van der Waals surface area (Å²) < 4.78 is 0. The van der Waals surface area contributed by atoms with E-state index in [0.717, 1.165) is 11.6 Å². The smallest absolute Gasteiger partial charge is 0.0494 e. The molecule has 0 aliphatic rings. The molecule has 0 fully saturated rings. The molecule has 0 heterocycles. The van der Waals surface area contributed by atoms with Gasteiger partial charge in [0, 0.05) is 13.6 Å². The zero-order valence-electron chi connectivity index (χ0n) is 7.95. The maximum absolute atomic E-state index is 5.31. The minimum absolute atomic E-state index is 1.02. The van der Waals surface area contributed by atoms with E-state index in [2.05, 4.69) is 38.1 Å². The van der Waals surface area contributed by atoms with E-state index >= 15 is 0 Å². The van der Waals surface area contributed by atoms with Crippen LogP contribution in [0.15, 0.2) is 23.8 Å². The molecule has 0 aromatic rings. The van der Waals surface area contributed by atoms with Gasteiger partial charge in [-0.2, -0.15) is 0 Å². The largest absolute Gasteiger partial charge is 0.0923 e. The molecule has 0 saturated heterocycles. The number of allylic oxidation sites excluding steroid dienone is 2. The zero-order chi connectivity index (χ0) is 9.61. The molecule has 0 aromatic carbocycles. The highest BCUT2D eigenvalue weighted by Crippen LogP contribution is 2.13. The zero-order valence-corrected chi connectivity index (χ0v) is 9.70. The molecule has 0 radical (unpaired) electrons. The first-order valence-corrected chi connectivity index (χ1v) is 8.04. The minimum atomic E-state index is -1.04. The Labute approximate surface area is 81.3 Å². The summed E-state index contributed by atoms with van der Waals surface area (Å²) in [5.74, 6) is 5.78. The third kappa shape index (κ3) is 7.65. The first-order valence-electron chi connectivity index (χ1n) is 3.90. The van der Waals surface area contributed by atoms with Gasteiger partial charge in [-0.15, -0.1) is 0 Å². The van der Waals surface area contributed by atoms with E-state index in [0.29, 0.717) is 0 Å². The molecule has 12 heavy (non-hydrogen) atoms. The van der Waals surface area contributed by atoms with Gasteiger partial charge in [-0.25, -0.2) is 0 Å². The lowest BCUT2D eigenvalue weighted by molar-refractivity contribution is 1.45. The summed E-state index contributed by atoms with van der Waals surface area (Å²) in [6.45, 7) is 10.8. The van der Waals surface area contributed by atoms with Crippen molar-refractivity contribution in [3.05, 3.63) is 23.8 Å². The fourth-order valence-corrected chi connectivity index (χ4v) is 2.29. The molecular formula is C10H15ClSi. The molecule has 0 spiro atoms. The molecule has 2 heteroatoms. The van der Waals surface area contributed by atoms with Crippen molar-refractivity contribution in [2.24, 2.45) is 0 Å². The van der Waals surface area contributed by atoms with Crippen molar-refractivity contribution in [3.8, 4) is 11.8 Å². The molecule has 0 saturated carbocycles. The van der Waals surface area contributed by atoms with E-state index in [1.807, 2.05) is 0 Å². The number of hydrogen-bond acceptors (Lipinski definition) is 0. The Bertz CT molecular complexity index is 235. The van der Waals surface area contributed by atoms with Crippen molar-refractivity contribution in [2.45, 2.75) is 25.7 Å². The Balaban J connectivity index is 4.02. The molecule has 0 aromatic heterocycles. The maximum atomic E-state index is 5.31. The number of rotatable bonds is 2. The Kier molecular flexibility index (Phi) is 5.04. The van der Waals surface area contributed by atoms with E-state index in [9.17, 15) is 0 Å². The highest BCUT2D eigenvalue weighted by molar-refractivity contribution is 6.76. The van der Waals surface area contributed by atoms with Gasteiger partial charge in [-0.05, 0) is 17.7 Å². The normalized spacial score (nSPS) is 11.0. The van der Waals surface area contributed by atoms with Crippen molar-refractivity contribution in [1.29, 1.82) is 0 Å². The summed E-state index contributed by atoms with van der Waals surface area (Å²) in [4.78, 5) is 0. The lowest BCUT2D eigenvalue weighted by Crippen LogP contribution is -2.19. The molecular weight excluding hydrogens is 184 g/mol. The lowest BCUT2D eigenvalue weighted by atomic mass is 10.3. The molecule has 66 valence electrons. The van der Waals surface area contributed by atoms with Gasteiger partial charge in [0.25, 0.3) is 0 Å². The highest BCUT2D eigenvalue weighted by atomic mass is 35.5. The predicted octanol–water partition coefficient (Wildman–Crippen LogP) is 3.64. The van der Waals surface area contributed by atoms with Crippen molar-refractivity contribution < 1.29 is 0 Å². The molecule has 0 aliphatic carbocycles. The Morgan fingerprint density at radius 3 is 2.50 bits per heavy atom. The van der Waals surface area contributed by atoms with Crippen LogP contribution >= 0.6 is 11.6 Å². The molecule has 0 aliphatic heterocycles. The van der Waals surface area contributed by atoms with Gasteiger partial charge < -0.3 is 0 Å². The third-order valence-corrected chi connectivity index (χ3v) is 2.75. The third-order valence-electron chi connectivity index (χ3n) is 1.14. The van der Waals surface area contributed by atoms with Crippen LogP contribution in [0.25, 0.3) is 0 Å². The first-order chi connectivity index (χ1) is 5.45. The monoisotopic (exact) mass is 198 g/mol. The summed E-state index contributed by atoms with van der Waals surface area (Å²) in [6, 6.07) is 1.07. The van der Waals surface area contributed by atoms with Crippen molar-refractivity contribution >= 4 is 19.7 Å². The average Bonchev–Trinajstić information content (AvgIpc) is 1.84. The van der Waals surface area contributed by atoms with Gasteiger partial charge >= 0.3 is 0 Å². The maximum Gasteiger partial charge on any atom is 0.0494 e. The lowest BCUT2D eigenvalue weighted by Gasteiger charge is -2.13. The van der Waals surface area contributed by atoms with Gasteiger partial charge in [-0.1, -0.05) is 49.7 Å². The van der Waals surface area contributed by atoms with E-state index in [1.165, 1.54) is 5.54 Å². The average molecular weight is 199 g/mol. The second-order valence-electron chi connectivity index (χ2n) is 3.90. The SMILES string of the molecule is C=C(C#C/C=C\Cl)C[Si](C)(C)C. The van der Waals surface area contributed by atoms with Crippen molar-refractivity contribution in [1.82, 2.24) is 0 Å². The van der Waals surface area contributed by atoms with E-state index in [-0.39, 0.29) is 0 Å². The van der Waals surface area contributed by atoms with E-state index < -0.39 is 8.07 Å². The summed E-state index contributed by atoms with van der Waals surface area (Å²) in [7, 11) is -1.04. The molecule has 0 unspecified atom stereocenters. The summed E-state index contributed by atoms with van der Waals surface area (Å²) >= 11 is 5.31. The quantitative estimate of drug-likeness (QED) is 0.470. The van der Waals surface area contributed by atoms with E-state index in [4.69, 9.17) is 11.6 Å². The van der Waals surface area contributed by atoms with Gasteiger partial charge in [0.2, 0.25) is 0 Å². The Hall–Kier alpha value is -0.453. The Morgan fingerprint density at radius 2 is 2.08 bits per heavy atom. The molecule has 0 rings (SSSR count). The van der Waals surface area contributed by atoms with Crippen molar-refractivity contribution in [2.75, 3.05) is 0 Å². The first kappa shape index (κ1) is 11.5. The van der Waals surface area contributed by atoms with Crippen LogP contribution in [0.4, 0.5) is 0 Å².